The summed E-state index contributed by atoms with van der Waals surface area (Å²) in [5.41, 5.74) is 4.44. The molecule has 0 aliphatic rings. The summed E-state index contributed by atoms with van der Waals surface area (Å²) in [5.74, 6) is -0.442. The van der Waals surface area contributed by atoms with Crippen molar-refractivity contribution in [3.63, 3.8) is 0 Å². The van der Waals surface area contributed by atoms with E-state index in [1.807, 2.05) is 39.0 Å². The Balaban J connectivity index is 2.33. The number of hydrogen-bond donors (Lipinski definition) is 1. The monoisotopic (exact) mass is 324 g/mol. The maximum atomic E-state index is 12.4. The molecular weight excluding hydrogens is 308 g/mol. The van der Waals surface area contributed by atoms with Crippen LogP contribution >= 0.6 is 11.6 Å². The molecule has 0 atom stereocenters. The second-order valence-electron chi connectivity index (χ2n) is 5.42. The number of anilines is 1. The smallest absolute Gasteiger partial charge is 0.266 e. The molecule has 2 rings (SSSR count). The number of carbonyl (C=O) groups excluding carboxylic acids is 1. The van der Waals surface area contributed by atoms with Crippen LogP contribution in [0.3, 0.4) is 0 Å². The first-order chi connectivity index (χ1) is 10.9. The lowest BCUT2D eigenvalue weighted by molar-refractivity contribution is -0.112. The highest BCUT2D eigenvalue weighted by atomic mass is 35.5. The minimum absolute atomic E-state index is 0.0116. The molecule has 0 radical (unpaired) electrons. The van der Waals surface area contributed by atoms with Gasteiger partial charge in [-0.3, -0.25) is 4.79 Å². The van der Waals surface area contributed by atoms with Gasteiger partial charge in [0.05, 0.1) is 0 Å². The molecule has 2 aromatic carbocycles. The van der Waals surface area contributed by atoms with Crippen molar-refractivity contribution >= 4 is 29.3 Å². The molecule has 1 amide bonds. The molecule has 1 N–H and O–H groups in total. The average molecular weight is 325 g/mol. The van der Waals surface area contributed by atoms with E-state index in [9.17, 15) is 10.1 Å². The molecule has 2 aromatic rings. The molecule has 0 aromatic heterocycles. The highest BCUT2D eigenvalue weighted by Gasteiger charge is 2.13. The fourth-order valence-electron chi connectivity index (χ4n) is 2.45. The van der Waals surface area contributed by atoms with Crippen LogP contribution in [0.4, 0.5) is 5.69 Å². The first-order valence-electron chi connectivity index (χ1n) is 7.18. The van der Waals surface area contributed by atoms with Gasteiger partial charge in [0.25, 0.3) is 5.91 Å². The standard InChI is InChI=1S/C19H17ClN2O/c1-12-8-13(2)18(14(3)9-12)22-19(23)16(11-21)10-15-6-4-5-7-17(15)20/h4-10H,1-3H3,(H,22,23)/b16-10+. The summed E-state index contributed by atoms with van der Waals surface area (Å²) in [4.78, 5) is 12.4. The minimum Gasteiger partial charge on any atom is -0.321 e. The molecule has 116 valence electrons. The quantitative estimate of drug-likeness (QED) is 0.650. The molecule has 0 bridgehead atoms. The largest absolute Gasteiger partial charge is 0.321 e. The van der Waals surface area contributed by atoms with Crippen LogP contribution in [0.1, 0.15) is 22.3 Å². The molecule has 4 heteroatoms. The van der Waals surface area contributed by atoms with Gasteiger partial charge >= 0.3 is 0 Å². The number of rotatable bonds is 3. The van der Waals surface area contributed by atoms with E-state index in [4.69, 9.17) is 11.6 Å². The lowest BCUT2D eigenvalue weighted by atomic mass is 10.0. The van der Waals surface area contributed by atoms with Gasteiger partial charge in [-0.1, -0.05) is 47.5 Å². The molecule has 0 aliphatic carbocycles. The molecular formula is C19H17ClN2O. The van der Waals surface area contributed by atoms with Gasteiger partial charge in [-0.2, -0.15) is 5.26 Å². The van der Waals surface area contributed by atoms with Crippen molar-refractivity contribution in [2.45, 2.75) is 20.8 Å². The van der Waals surface area contributed by atoms with Crippen LogP contribution in [0.2, 0.25) is 5.02 Å². The van der Waals surface area contributed by atoms with Crippen molar-refractivity contribution in [2.24, 2.45) is 0 Å². The van der Waals surface area contributed by atoms with E-state index in [0.29, 0.717) is 10.6 Å². The summed E-state index contributed by atoms with van der Waals surface area (Å²) in [7, 11) is 0. The molecule has 0 unspecified atom stereocenters. The summed E-state index contributed by atoms with van der Waals surface area (Å²) in [6, 6.07) is 13.0. The first kappa shape index (κ1) is 16.8. The van der Waals surface area contributed by atoms with Crippen molar-refractivity contribution in [2.75, 3.05) is 5.32 Å². The van der Waals surface area contributed by atoms with E-state index >= 15 is 0 Å². The van der Waals surface area contributed by atoms with Crippen LogP contribution in [-0.2, 0) is 4.79 Å². The summed E-state index contributed by atoms with van der Waals surface area (Å²) < 4.78 is 0. The van der Waals surface area contributed by atoms with E-state index in [2.05, 4.69) is 5.32 Å². The number of halogens is 1. The van der Waals surface area contributed by atoms with Crippen LogP contribution < -0.4 is 5.32 Å². The Bertz CT molecular complexity index is 808. The molecule has 3 nitrogen and oxygen atoms in total. The van der Waals surface area contributed by atoms with Gasteiger partial charge in [0.1, 0.15) is 11.6 Å². The minimum atomic E-state index is -0.442. The van der Waals surface area contributed by atoms with Gasteiger partial charge in [-0.05, 0) is 49.6 Å². The molecule has 0 saturated carbocycles. The van der Waals surface area contributed by atoms with Crippen LogP contribution in [0.5, 0.6) is 0 Å². The van der Waals surface area contributed by atoms with Gasteiger partial charge < -0.3 is 5.32 Å². The third-order valence-electron chi connectivity index (χ3n) is 3.49. The van der Waals surface area contributed by atoms with E-state index in [-0.39, 0.29) is 5.57 Å². The summed E-state index contributed by atoms with van der Waals surface area (Å²) in [5, 5.41) is 12.6. The predicted molar refractivity (Wildman–Crippen MR) is 94.3 cm³/mol. The zero-order valence-corrected chi connectivity index (χ0v) is 14.0. The van der Waals surface area contributed by atoms with E-state index in [1.54, 1.807) is 24.3 Å². The van der Waals surface area contributed by atoms with Gasteiger partial charge in [-0.25, -0.2) is 0 Å². The molecule has 23 heavy (non-hydrogen) atoms. The number of aryl methyl sites for hydroxylation is 3. The van der Waals surface area contributed by atoms with E-state index in [0.717, 1.165) is 22.4 Å². The number of hydrogen-bond acceptors (Lipinski definition) is 2. The van der Waals surface area contributed by atoms with Gasteiger partial charge in [0, 0.05) is 10.7 Å². The lowest BCUT2D eigenvalue weighted by Gasteiger charge is -2.12. The van der Waals surface area contributed by atoms with E-state index in [1.165, 1.54) is 6.08 Å². The molecule has 0 aliphatic heterocycles. The Morgan fingerprint density at radius 2 is 1.78 bits per heavy atom. The average Bonchev–Trinajstić information content (AvgIpc) is 2.49. The fraction of sp³-hybridized carbons (Fsp3) is 0.158. The maximum absolute atomic E-state index is 12.4. The van der Waals surface area contributed by atoms with Crippen LogP contribution in [-0.4, -0.2) is 5.91 Å². The van der Waals surface area contributed by atoms with Crippen molar-refractivity contribution in [1.29, 1.82) is 5.26 Å². The second-order valence-corrected chi connectivity index (χ2v) is 5.83. The number of nitrogens with zero attached hydrogens (tertiary/aromatic N) is 1. The highest BCUT2D eigenvalue weighted by Crippen LogP contribution is 2.23. The number of nitriles is 1. The second kappa shape index (κ2) is 7.13. The fourth-order valence-corrected chi connectivity index (χ4v) is 2.64. The van der Waals surface area contributed by atoms with Gasteiger partial charge in [0.15, 0.2) is 0 Å². The van der Waals surface area contributed by atoms with Crippen molar-refractivity contribution < 1.29 is 4.79 Å². The summed E-state index contributed by atoms with van der Waals surface area (Å²) in [6.45, 7) is 5.86. The van der Waals surface area contributed by atoms with Crippen LogP contribution in [0.15, 0.2) is 42.0 Å². The van der Waals surface area contributed by atoms with Gasteiger partial charge in [0.2, 0.25) is 0 Å². The van der Waals surface area contributed by atoms with Gasteiger partial charge in [-0.15, -0.1) is 0 Å². The number of amides is 1. The maximum Gasteiger partial charge on any atom is 0.266 e. The third kappa shape index (κ3) is 4.00. The van der Waals surface area contributed by atoms with Crippen molar-refractivity contribution in [1.82, 2.24) is 0 Å². The number of benzene rings is 2. The lowest BCUT2D eigenvalue weighted by Crippen LogP contribution is -2.15. The zero-order valence-electron chi connectivity index (χ0n) is 13.3. The topological polar surface area (TPSA) is 52.9 Å². The molecule has 0 saturated heterocycles. The van der Waals surface area contributed by atoms with Crippen LogP contribution in [0, 0.1) is 32.1 Å². The van der Waals surface area contributed by atoms with Crippen LogP contribution in [0.25, 0.3) is 6.08 Å². The Kier molecular flexibility index (Phi) is 5.20. The van der Waals surface area contributed by atoms with Crippen molar-refractivity contribution in [3.05, 3.63) is 69.2 Å². The number of carbonyl (C=O) groups is 1. The molecule has 0 spiro atoms. The third-order valence-corrected chi connectivity index (χ3v) is 3.83. The summed E-state index contributed by atoms with van der Waals surface area (Å²) >= 11 is 6.07. The Morgan fingerprint density at radius 1 is 1.17 bits per heavy atom. The molecule has 0 fully saturated rings. The SMILES string of the molecule is Cc1cc(C)c(NC(=O)/C(C#N)=C/c2ccccc2Cl)c(C)c1. The first-order valence-corrected chi connectivity index (χ1v) is 7.55. The normalized spacial score (nSPS) is 11.0. The Labute approximate surface area is 141 Å². The summed E-state index contributed by atoms with van der Waals surface area (Å²) in [6.07, 6.45) is 1.50. The Hall–Kier alpha value is -2.57. The Morgan fingerprint density at radius 3 is 2.35 bits per heavy atom. The predicted octanol–water partition coefficient (Wildman–Crippen LogP) is 4.81. The molecule has 0 heterocycles. The highest BCUT2D eigenvalue weighted by molar-refractivity contribution is 6.32. The number of nitrogens with one attached hydrogen (secondary N) is 1. The van der Waals surface area contributed by atoms with Crippen molar-refractivity contribution in [3.8, 4) is 6.07 Å². The van der Waals surface area contributed by atoms with E-state index < -0.39 is 5.91 Å². The zero-order chi connectivity index (χ0) is 17.0.